The number of hydrogen-bond donors (Lipinski definition) is 0. The molecule has 74 valence electrons. The molecular weight excluding hydrogens is 251 g/mol. The first kappa shape index (κ1) is 10.9. The number of halogens is 2. The Hall–Kier alpha value is -1.16. The maximum absolute atomic E-state index is 12.2. The van der Waals surface area contributed by atoms with E-state index in [2.05, 4.69) is 27.2 Å². The highest BCUT2D eigenvalue weighted by Crippen LogP contribution is 2.11. The Labute approximate surface area is 89.5 Å². The van der Waals surface area contributed by atoms with Crippen LogP contribution in [-0.2, 0) is 16.1 Å². The third-order valence-corrected chi connectivity index (χ3v) is 2.03. The van der Waals surface area contributed by atoms with Crippen LogP contribution in [0.4, 0.5) is 4.39 Å². The maximum Gasteiger partial charge on any atom is 0.366 e. The zero-order valence-electron chi connectivity index (χ0n) is 7.30. The van der Waals surface area contributed by atoms with Crippen molar-refractivity contribution in [3.63, 3.8) is 0 Å². The molecule has 0 saturated heterocycles. The molecule has 0 aliphatic rings. The van der Waals surface area contributed by atoms with Crippen molar-refractivity contribution in [2.24, 2.45) is 0 Å². The van der Waals surface area contributed by atoms with Gasteiger partial charge >= 0.3 is 5.97 Å². The summed E-state index contributed by atoms with van der Waals surface area (Å²) in [5.41, 5.74) is 0.794. The SMILES string of the molecule is C=C(F)C(=O)OCc1ccc(Br)cc1. The number of ether oxygens (including phenoxy) is 1. The van der Waals surface area contributed by atoms with Crippen molar-refractivity contribution in [1.82, 2.24) is 0 Å². The lowest BCUT2D eigenvalue weighted by atomic mass is 10.2. The Bertz CT molecular complexity index is 346. The highest BCUT2D eigenvalue weighted by atomic mass is 79.9. The van der Waals surface area contributed by atoms with Crippen LogP contribution in [0.1, 0.15) is 5.56 Å². The summed E-state index contributed by atoms with van der Waals surface area (Å²) >= 11 is 3.27. The second-order valence-corrected chi connectivity index (χ2v) is 3.52. The van der Waals surface area contributed by atoms with Crippen LogP contribution in [0.2, 0.25) is 0 Å². The molecule has 0 spiro atoms. The molecule has 2 nitrogen and oxygen atoms in total. The molecule has 0 bridgehead atoms. The van der Waals surface area contributed by atoms with Crippen LogP contribution in [0.15, 0.2) is 41.1 Å². The van der Waals surface area contributed by atoms with E-state index in [1.54, 1.807) is 12.1 Å². The van der Waals surface area contributed by atoms with E-state index in [1.807, 2.05) is 12.1 Å². The first-order valence-corrected chi connectivity index (χ1v) is 4.65. The predicted octanol–water partition coefficient (Wildman–Crippen LogP) is 2.98. The smallest absolute Gasteiger partial charge is 0.366 e. The largest absolute Gasteiger partial charge is 0.456 e. The van der Waals surface area contributed by atoms with Gasteiger partial charge in [0.2, 0.25) is 5.83 Å². The lowest BCUT2D eigenvalue weighted by Gasteiger charge is -2.02. The summed E-state index contributed by atoms with van der Waals surface area (Å²) in [4.78, 5) is 10.7. The molecule has 0 unspecified atom stereocenters. The molecular formula is C10H8BrFO2. The fourth-order valence-electron chi connectivity index (χ4n) is 0.808. The van der Waals surface area contributed by atoms with Gasteiger partial charge in [0, 0.05) is 4.47 Å². The predicted molar refractivity (Wildman–Crippen MR) is 54.2 cm³/mol. The van der Waals surface area contributed by atoms with Gasteiger partial charge in [0.05, 0.1) is 0 Å². The Morgan fingerprint density at radius 1 is 1.43 bits per heavy atom. The van der Waals surface area contributed by atoms with Gasteiger partial charge in [-0.15, -0.1) is 0 Å². The fraction of sp³-hybridized carbons (Fsp3) is 0.100. The number of esters is 1. The van der Waals surface area contributed by atoms with Gasteiger partial charge in [-0.05, 0) is 17.7 Å². The van der Waals surface area contributed by atoms with Crippen molar-refractivity contribution in [2.75, 3.05) is 0 Å². The quantitative estimate of drug-likeness (QED) is 0.616. The first-order valence-electron chi connectivity index (χ1n) is 3.85. The minimum absolute atomic E-state index is 0.0506. The average Bonchev–Trinajstić information content (AvgIpc) is 2.16. The number of rotatable bonds is 3. The summed E-state index contributed by atoms with van der Waals surface area (Å²) in [6.45, 7) is 2.88. The molecule has 1 aromatic rings. The summed E-state index contributed by atoms with van der Waals surface area (Å²) in [7, 11) is 0. The number of carbonyl (C=O) groups excluding carboxylic acids is 1. The van der Waals surface area contributed by atoms with E-state index < -0.39 is 11.8 Å². The molecule has 0 aromatic heterocycles. The van der Waals surface area contributed by atoms with Gasteiger partial charge in [-0.1, -0.05) is 34.6 Å². The van der Waals surface area contributed by atoms with Crippen molar-refractivity contribution >= 4 is 21.9 Å². The number of carbonyl (C=O) groups is 1. The molecule has 14 heavy (non-hydrogen) atoms. The highest BCUT2D eigenvalue weighted by molar-refractivity contribution is 9.10. The average molecular weight is 259 g/mol. The number of hydrogen-bond acceptors (Lipinski definition) is 2. The monoisotopic (exact) mass is 258 g/mol. The molecule has 0 amide bonds. The van der Waals surface area contributed by atoms with E-state index in [0.717, 1.165) is 10.0 Å². The summed E-state index contributed by atoms with van der Waals surface area (Å²) in [5.74, 6) is -2.10. The Balaban J connectivity index is 2.50. The molecule has 0 saturated carbocycles. The van der Waals surface area contributed by atoms with Gasteiger partial charge in [0.15, 0.2) is 0 Å². The Morgan fingerprint density at radius 3 is 2.50 bits per heavy atom. The maximum atomic E-state index is 12.2. The molecule has 1 aromatic carbocycles. The summed E-state index contributed by atoms with van der Waals surface area (Å²) in [6, 6.07) is 7.18. The van der Waals surface area contributed by atoms with Crippen LogP contribution in [0, 0.1) is 0 Å². The van der Waals surface area contributed by atoms with Crippen LogP contribution in [0.3, 0.4) is 0 Å². The van der Waals surface area contributed by atoms with E-state index in [1.165, 1.54) is 0 Å². The minimum atomic E-state index is -1.08. The van der Waals surface area contributed by atoms with Gasteiger partial charge in [0.1, 0.15) is 6.61 Å². The van der Waals surface area contributed by atoms with Crippen molar-refractivity contribution in [3.8, 4) is 0 Å². The number of benzene rings is 1. The van der Waals surface area contributed by atoms with Crippen molar-refractivity contribution in [2.45, 2.75) is 6.61 Å². The van der Waals surface area contributed by atoms with E-state index >= 15 is 0 Å². The molecule has 0 heterocycles. The van der Waals surface area contributed by atoms with Gasteiger partial charge in [-0.2, -0.15) is 4.39 Å². The minimum Gasteiger partial charge on any atom is -0.456 e. The van der Waals surface area contributed by atoms with Gasteiger partial charge in [0.25, 0.3) is 0 Å². The van der Waals surface area contributed by atoms with E-state index in [9.17, 15) is 9.18 Å². The van der Waals surface area contributed by atoms with Crippen LogP contribution in [-0.4, -0.2) is 5.97 Å². The molecule has 0 fully saturated rings. The van der Waals surface area contributed by atoms with E-state index in [0.29, 0.717) is 0 Å². The van der Waals surface area contributed by atoms with E-state index in [-0.39, 0.29) is 6.61 Å². The Kier molecular flexibility index (Phi) is 3.83. The summed E-state index contributed by atoms with van der Waals surface area (Å²) < 4.78 is 17.7. The van der Waals surface area contributed by atoms with E-state index in [4.69, 9.17) is 0 Å². The molecule has 4 heteroatoms. The summed E-state index contributed by atoms with van der Waals surface area (Å²) in [5, 5.41) is 0. The zero-order chi connectivity index (χ0) is 10.6. The van der Waals surface area contributed by atoms with Crippen LogP contribution >= 0.6 is 15.9 Å². The normalized spacial score (nSPS) is 9.57. The van der Waals surface area contributed by atoms with Gasteiger partial charge in [-0.25, -0.2) is 4.79 Å². The van der Waals surface area contributed by atoms with Crippen LogP contribution in [0.5, 0.6) is 0 Å². The van der Waals surface area contributed by atoms with Crippen LogP contribution in [0.25, 0.3) is 0 Å². The lowest BCUT2D eigenvalue weighted by molar-refractivity contribution is -0.141. The van der Waals surface area contributed by atoms with Crippen LogP contribution < -0.4 is 0 Å². The molecule has 0 atom stereocenters. The second kappa shape index (κ2) is 4.91. The summed E-state index contributed by atoms with van der Waals surface area (Å²) in [6.07, 6.45) is 0. The third-order valence-electron chi connectivity index (χ3n) is 1.50. The van der Waals surface area contributed by atoms with Gasteiger partial charge < -0.3 is 4.74 Å². The second-order valence-electron chi connectivity index (χ2n) is 2.61. The first-order chi connectivity index (χ1) is 6.59. The fourth-order valence-corrected chi connectivity index (χ4v) is 1.07. The lowest BCUT2D eigenvalue weighted by Crippen LogP contribution is -2.03. The molecule has 0 radical (unpaired) electrons. The third kappa shape index (κ3) is 3.30. The molecule has 0 N–H and O–H groups in total. The van der Waals surface area contributed by atoms with Crippen molar-refractivity contribution in [1.29, 1.82) is 0 Å². The molecule has 1 rings (SSSR count). The molecule has 0 aliphatic carbocycles. The standard InChI is InChI=1S/C10H8BrFO2/c1-7(12)10(13)14-6-8-2-4-9(11)5-3-8/h2-5H,1,6H2. The van der Waals surface area contributed by atoms with Gasteiger partial charge in [-0.3, -0.25) is 0 Å². The van der Waals surface area contributed by atoms with Crippen molar-refractivity contribution in [3.05, 3.63) is 46.7 Å². The van der Waals surface area contributed by atoms with Crippen molar-refractivity contribution < 1.29 is 13.9 Å². The Morgan fingerprint density at radius 2 is 2.00 bits per heavy atom. The molecule has 0 aliphatic heterocycles. The topological polar surface area (TPSA) is 26.3 Å². The highest BCUT2D eigenvalue weighted by Gasteiger charge is 2.06. The zero-order valence-corrected chi connectivity index (χ0v) is 8.88.